The van der Waals surface area contributed by atoms with Gasteiger partial charge in [0.25, 0.3) is 17.2 Å². The summed E-state index contributed by atoms with van der Waals surface area (Å²) in [7, 11) is 1.73. The number of amides is 1. The Morgan fingerprint density at radius 3 is 2.11 bits per heavy atom. The number of aliphatic hydroxyl groups is 1. The van der Waals surface area contributed by atoms with E-state index in [1.165, 1.54) is 9.58 Å². The Labute approximate surface area is 222 Å². The summed E-state index contributed by atoms with van der Waals surface area (Å²) >= 11 is 3.42. The summed E-state index contributed by atoms with van der Waals surface area (Å²) in [5.41, 5.74) is 2.71. The fourth-order valence-electron chi connectivity index (χ4n) is 4.72. The van der Waals surface area contributed by atoms with Gasteiger partial charge >= 0.3 is 0 Å². The summed E-state index contributed by atoms with van der Waals surface area (Å²) in [5, 5.41) is 11.3. The van der Waals surface area contributed by atoms with Crippen molar-refractivity contribution >= 4 is 39.1 Å². The summed E-state index contributed by atoms with van der Waals surface area (Å²) in [6, 6.07) is 22.2. The standard InChI is InChI=1S/C29H24BrN3O4/c1-17-9-11-20(12-10-17)26(34)23-25(19-13-15-21(30)16-14-19)32(29(37)27(23)35)24-18(2)31(3)33(28(24)36)22-7-5-4-6-8-22/h4-16,25,34H,1-3H3/b26-23+/t25-/m0/s1. The Kier molecular flexibility index (Phi) is 6.21. The van der Waals surface area contributed by atoms with Gasteiger partial charge < -0.3 is 5.11 Å². The SMILES string of the molecule is Cc1ccc(/C(O)=C2\C(=O)C(=O)N(c3c(C)n(C)n(-c4ccccc4)c3=O)[C@H]2c2ccc(Br)cc2)cc1. The highest BCUT2D eigenvalue weighted by Crippen LogP contribution is 2.42. The molecular formula is C29H24BrN3O4. The van der Waals surface area contributed by atoms with Crippen LogP contribution in [-0.2, 0) is 16.6 Å². The average molecular weight is 558 g/mol. The first kappa shape index (κ1) is 24.5. The molecule has 0 unspecified atom stereocenters. The van der Waals surface area contributed by atoms with Crippen molar-refractivity contribution in [1.82, 2.24) is 9.36 Å². The van der Waals surface area contributed by atoms with Crippen LogP contribution in [0.4, 0.5) is 5.69 Å². The van der Waals surface area contributed by atoms with Gasteiger partial charge in [0.1, 0.15) is 11.4 Å². The Morgan fingerprint density at radius 2 is 1.49 bits per heavy atom. The molecule has 186 valence electrons. The molecule has 0 aliphatic carbocycles. The van der Waals surface area contributed by atoms with Gasteiger partial charge in [-0.3, -0.25) is 24.0 Å². The molecule has 1 fully saturated rings. The maximum atomic E-state index is 13.8. The second kappa shape index (κ2) is 9.37. The van der Waals surface area contributed by atoms with E-state index in [0.717, 1.165) is 10.0 Å². The van der Waals surface area contributed by atoms with Crippen molar-refractivity contribution in [2.24, 2.45) is 7.05 Å². The maximum absolute atomic E-state index is 13.8. The molecule has 0 saturated carbocycles. The molecule has 37 heavy (non-hydrogen) atoms. The minimum Gasteiger partial charge on any atom is -0.507 e. The Bertz CT molecular complexity index is 1610. The maximum Gasteiger partial charge on any atom is 0.300 e. The number of aryl methyl sites for hydroxylation is 1. The molecule has 1 aliphatic rings. The Balaban J connectivity index is 1.78. The van der Waals surface area contributed by atoms with Gasteiger partial charge in [-0.2, -0.15) is 0 Å². The number of anilines is 1. The molecule has 8 heteroatoms. The van der Waals surface area contributed by atoms with E-state index in [2.05, 4.69) is 15.9 Å². The number of carbonyl (C=O) groups is 2. The number of rotatable bonds is 4. The van der Waals surface area contributed by atoms with Gasteiger partial charge in [0.05, 0.1) is 23.0 Å². The number of benzene rings is 3. The number of hydrogen-bond donors (Lipinski definition) is 1. The smallest absolute Gasteiger partial charge is 0.300 e. The lowest BCUT2D eigenvalue weighted by Gasteiger charge is -2.24. The number of halogens is 1. The van der Waals surface area contributed by atoms with Crippen molar-refractivity contribution in [2.75, 3.05) is 4.90 Å². The van der Waals surface area contributed by atoms with E-state index in [0.29, 0.717) is 22.5 Å². The summed E-state index contributed by atoms with van der Waals surface area (Å²) in [6.07, 6.45) is 0. The average Bonchev–Trinajstić information content (AvgIpc) is 3.28. The third-order valence-corrected chi connectivity index (χ3v) is 7.25. The Hall–Kier alpha value is -4.17. The molecule has 3 aromatic carbocycles. The number of para-hydroxylation sites is 1. The fourth-order valence-corrected chi connectivity index (χ4v) is 4.99. The van der Waals surface area contributed by atoms with Crippen molar-refractivity contribution in [3.05, 3.63) is 122 Å². The highest BCUT2D eigenvalue weighted by atomic mass is 79.9. The number of aliphatic hydroxyl groups excluding tert-OH is 1. The Morgan fingerprint density at radius 1 is 0.865 bits per heavy atom. The zero-order valence-electron chi connectivity index (χ0n) is 20.5. The first-order chi connectivity index (χ1) is 17.7. The summed E-state index contributed by atoms with van der Waals surface area (Å²) in [6.45, 7) is 3.65. The zero-order chi connectivity index (χ0) is 26.4. The highest BCUT2D eigenvalue weighted by Gasteiger charge is 2.49. The number of nitrogens with zero attached hydrogens (tertiary/aromatic N) is 3. The van der Waals surface area contributed by atoms with Crippen LogP contribution in [0.15, 0.2) is 93.7 Å². The molecule has 0 radical (unpaired) electrons. The summed E-state index contributed by atoms with van der Waals surface area (Å²) < 4.78 is 3.93. The zero-order valence-corrected chi connectivity index (χ0v) is 22.1. The van der Waals surface area contributed by atoms with Gasteiger partial charge in [0.15, 0.2) is 0 Å². The fraction of sp³-hybridized carbons (Fsp3) is 0.138. The molecule has 4 aromatic rings. The largest absolute Gasteiger partial charge is 0.507 e. The highest BCUT2D eigenvalue weighted by molar-refractivity contribution is 9.10. The molecular weight excluding hydrogens is 534 g/mol. The van der Waals surface area contributed by atoms with Crippen LogP contribution in [0.25, 0.3) is 11.4 Å². The molecule has 1 atom stereocenters. The van der Waals surface area contributed by atoms with Crippen LogP contribution in [0.1, 0.15) is 28.4 Å². The van der Waals surface area contributed by atoms with Crippen LogP contribution in [-0.4, -0.2) is 26.2 Å². The molecule has 1 N–H and O–H groups in total. The van der Waals surface area contributed by atoms with Crippen LogP contribution in [0.5, 0.6) is 0 Å². The molecule has 5 rings (SSSR count). The molecule has 1 amide bonds. The normalized spacial score (nSPS) is 17.0. The van der Waals surface area contributed by atoms with Crippen LogP contribution >= 0.6 is 15.9 Å². The lowest BCUT2D eigenvalue weighted by atomic mass is 9.95. The minimum absolute atomic E-state index is 0.0647. The molecule has 0 bridgehead atoms. The van der Waals surface area contributed by atoms with Gasteiger partial charge in [-0.25, -0.2) is 4.68 Å². The van der Waals surface area contributed by atoms with E-state index < -0.39 is 23.3 Å². The van der Waals surface area contributed by atoms with Crippen molar-refractivity contribution in [3.63, 3.8) is 0 Å². The number of carbonyl (C=O) groups excluding carboxylic acids is 2. The molecule has 1 saturated heterocycles. The molecule has 1 aliphatic heterocycles. The van der Waals surface area contributed by atoms with Gasteiger partial charge in [0, 0.05) is 17.1 Å². The molecule has 0 spiro atoms. The molecule has 2 heterocycles. The first-order valence-electron chi connectivity index (χ1n) is 11.7. The first-order valence-corrected chi connectivity index (χ1v) is 12.5. The van der Waals surface area contributed by atoms with Crippen LogP contribution in [0, 0.1) is 13.8 Å². The van der Waals surface area contributed by atoms with Gasteiger partial charge in [-0.15, -0.1) is 0 Å². The van der Waals surface area contributed by atoms with Crippen molar-refractivity contribution < 1.29 is 14.7 Å². The third kappa shape index (κ3) is 4.03. The predicted molar refractivity (Wildman–Crippen MR) is 146 cm³/mol. The van der Waals surface area contributed by atoms with E-state index >= 15 is 0 Å². The topological polar surface area (TPSA) is 84.5 Å². The quantitative estimate of drug-likeness (QED) is 0.213. The summed E-state index contributed by atoms with van der Waals surface area (Å²) in [4.78, 5) is 42.1. The van der Waals surface area contributed by atoms with Gasteiger partial charge in [0.2, 0.25) is 0 Å². The van der Waals surface area contributed by atoms with E-state index in [1.807, 2.05) is 37.3 Å². The van der Waals surface area contributed by atoms with Crippen LogP contribution < -0.4 is 10.5 Å². The predicted octanol–water partition coefficient (Wildman–Crippen LogP) is 5.18. The summed E-state index contributed by atoms with van der Waals surface area (Å²) in [5.74, 6) is -2.00. The second-order valence-corrected chi connectivity index (χ2v) is 9.91. The number of aromatic nitrogens is 2. The number of ketones is 1. The van der Waals surface area contributed by atoms with Crippen molar-refractivity contribution in [1.29, 1.82) is 0 Å². The van der Waals surface area contributed by atoms with E-state index in [-0.39, 0.29) is 17.0 Å². The molecule has 1 aromatic heterocycles. The minimum atomic E-state index is -0.993. The number of Topliss-reactive ketones (excluding diaryl/α,β-unsaturated/α-hetero) is 1. The van der Waals surface area contributed by atoms with Crippen LogP contribution in [0.3, 0.4) is 0 Å². The van der Waals surface area contributed by atoms with Crippen LogP contribution in [0.2, 0.25) is 0 Å². The molecule has 7 nitrogen and oxygen atoms in total. The van der Waals surface area contributed by atoms with Gasteiger partial charge in [-0.1, -0.05) is 76.1 Å². The monoisotopic (exact) mass is 557 g/mol. The van der Waals surface area contributed by atoms with E-state index in [9.17, 15) is 19.5 Å². The van der Waals surface area contributed by atoms with Crippen molar-refractivity contribution in [2.45, 2.75) is 19.9 Å². The third-order valence-electron chi connectivity index (χ3n) is 6.72. The van der Waals surface area contributed by atoms with Crippen molar-refractivity contribution in [3.8, 4) is 5.69 Å². The van der Waals surface area contributed by atoms with Gasteiger partial charge in [-0.05, 0) is 43.7 Å². The lowest BCUT2D eigenvalue weighted by Crippen LogP contribution is -2.34. The number of hydrogen-bond acceptors (Lipinski definition) is 4. The van der Waals surface area contributed by atoms with E-state index in [4.69, 9.17) is 0 Å². The lowest BCUT2D eigenvalue weighted by molar-refractivity contribution is -0.132. The second-order valence-electron chi connectivity index (χ2n) is 9.00. The van der Waals surface area contributed by atoms with E-state index in [1.54, 1.807) is 67.2 Å².